The van der Waals surface area contributed by atoms with Gasteiger partial charge < -0.3 is 19.7 Å². The molecule has 0 bridgehead atoms. The number of benzene rings is 1. The zero-order valence-electron chi connectivity index (χ0n) is 14.2. The Bertz CT molecular complexity index is 711. The molecule has 1 N–H and O–H groups in total. The van der Waals surface area contributed by atoms with E-state index in [1.807, 2.05) is 29.2 Å². The number of amides is 2. The maximum atomic E-state index is 12.1. The molecule has 0 saturated carbocycles. The second-order valence-electron chi connectivity index (χ2n) is 5.70. The molecule has 1 aromatic rings. The number of anilines is 2. The van der Waals surface area contributed by atoms with E-state index >= 15 is 0 Å². The van der Waals surface area contributed by atoms with Crippen molar-refractivity contribution < 1.29 is 19.1 Å². The average Bonchev–Trinajstić information content (AvgIpc) is 3.07. The lowest BCUT2D eigenvalue weighted by atomic mass is 10.2. The summed E-state index contributed by atoms with van der Waals surface area (Å²) in [5, 5.41) is 8.51. The van der Waals surface area contributed by atoms with Crippen LogP contribution < -0.4 is 15.1 Å². The summed E-state index contributed by atoms with van der Waals surface area (Å²) in [6.07, 6.45) is 1.60. The van der Waals surface area contributed by atoms with Crippen molar-refractivity contribution in [2.24, 2.45) is 5.10 Å². The first-order chi connectivity index (χ1) is 12.6. The van der Waals surface area contributed by atoms with Crippen molar-refractivity contribution in [3.05, 3.63) is 24.3 Å². The predicted octanol–water partition coefficient (Wildman–Crippen LogP) is 0.754. The second kappa shape index (κ2) is 8.00. The second-order valence-corrected chi connectivity index (χ2v) is 6.07. The number of ether oxygens (including phenoxy) is 2. The lowest BCUT2D eigenvalue weighted by Crippen LogP contribution is -2.37. The number of cyclic esters (lactones) is 1. The molecule has 2 amide bonds. The highest BCUT2D eigenvalue weighted by Gasteiger charge is 2.32. The van der Waals surface area contributed by atoms with Crippen LogP contribution in [-0.4, -0.2) is 68.4 Å². The Morgan fingerprint density at radius 3 is 2.73 bits per heavy atom. The first-order valence-corrected chi connectivity index (χ1v) is 8.44. The Hall–Kier alpha value is -2.88. The number of carbonyl (C=O) groups excluding carboxylic acids is 2. The third kappa shape index (κ3) is 4.02. The molecule has 2 aliphatic rings. The van der Waals surface area contributed by atoms with E-state index in [0.29, 0.717) is 32.6 Å². The SMILES string of the molecule is COC(=S)NC[C@H]1CN(c2ccc(N3C=NN(C=O)CC3)cc2)C(=O)O1. The fourth-order valence-corrected chi connectivity index (χ4v) is 2.75. The van der Waals surface area contributed by atoms with E-state index < -0.39 is 6.09 Å². The molecule has 10 heteroatoms. The van der Waals surface area contributed by atoms with Crippen molar-refractivity contribution in [1.82, 2.24) is 10.3 Å². The fourth-order valence-electron chi connectivity index (χ4n) is 2.66. The topological polar surface area (TPSA) is 86.7 Å². The molecule has 0 radical (unpaired) electrons. The summed E-state index contributed by atoms with van der Waals surface area (Å²) in [6.45, 7) is 2.00. The number of rotatable bonds is 5. The van der Waals surface area contributed by atoms with E-state index in [2.05, 4.69) is 10.4 Å². The van der Waals surface area contributed by atoms with Gasteiger partial charge in [-0.15, -0.1) is 0 Å². The van der Waals surface area contributed by atoms with Gasteiger partial charge in [-0.25, -0.2) is 9.80 Å². The van der Waals surface area contributed by atoms with Crippen LogP contribution in [0.5, 0.6) is 0 Å². The molecule has 0 aliphatic carbocycles. The number of hydrogen-bond acceptors (Lipinski definition) is 7. The summed E-state index contributed by atoms with van der Waals surface area (Å²) in [5.74, 6) is 0. The number of hydrogen-bond donors (Lipinski definition) is 1. The smallest absolute Gasteiger partial charge is 0.414 e. The quantitative estimate of drug-likeness (QED) is 0.599. The molecule has 0 unspecified atom stereocenters. The van der Waals surface area contributed by atoms with E-state index in [4.69, 9.17) is 21.7 Å². The van der Waals surface area contributed by atoms with Crippen LogP contribution in [0, 0.1) is 0 Å². The van der Waals surface area contributed by atoms with Gasteiger partial charge in [0.2, 0.25) is 6.41 Å². The lowest BCUT2D eigenvalue weighted by Gasteiger charge is -2.26. The van der Waals surface area contributed by atoms with E-state index in [1.54, 1.807) is 11.2 Å². The zero-order chi connectivity index (χ0) is 18.5. The number of methoxy groups -OCH3 is 1. The van der Waals surface area contributed by atoms with Crippen LogP contribution in [-0.2, 0) is 14.3 Å². The van der Waals surface area contributed by atoms with E-state index in [1.165, 1.54) is 12.1 Å². The third-order valence-corrected chi connectivity index (χ3v) is 4.37. The molecule has 26 heavy (non-hydrogen) atoms. The summed E-state index contributed by atoms with van der Waals surface area (Å²) in [7, 11) is 1.48. The van der Waals surface area contributed by atoms with E-state index in [9.17, 15) is 9.59 Å². The minimum absolute atomic E-state index is 0.264. The Balaban J connectivity index is 1.61. The van der Waals surface area contributed by atoms with Gasteiger partial charge in [-0.2, -0.15) is 5.10 Å². The summed E-state index contributed by atoms with van der Waals surface area (Å²) in [4.78, 5) is 26.3. The van der Waals surface area contributed by atoms with Crippen LogP contribution in [0.15, 0.2) is 29.4 Å². The van der Waals surface area contributed by atoms with Gasteiger partial charge in [-0.3, -0.25) is 9.69 Å². The molecule has 0 aromatic heterocycles. The highest BCUT2D eigenvalue weighted by molar-refractivity contribution is 7.80. The van der Waals surface area contributed by atoms with Gasteiger partial charge in [-0.05, 0) is 36.5 Å². The number of nitrogens with one attached hydrogen (secondary N) is 1. The van der Waals surface area contributed by atoms with Gasteiger partial charge in [0.25, 0.3) is 5.17 Å². The summed E-state index contributed by atoms with van der Waals surface area (Å²) >= 11 is 4.91. The first kappa shape index (κ1) is 17.9. The van der Waals surface area contributed by atoms with Crippen LogP contribution in [0.4, 0.5) is 16.2 Å². The molecule has 1 saturated heterocycles. The standard InChI is InChI=1S/C16H19N5O4S/c1-24-15(26)17-8-14-9-21(16(23)25-14)13-4-2-12(3-5-13)19-6-7-20(11-22)18-10-19/h2-5,10-11,14H,6-9H2,1H3,(H,17,26)/t14-/m0/s1. The highest BCUT2D eigenvalue weighted by atomic mass is 32.1. The van der Waals surface area contributed by atoms with Crippen LogP contribution in [0.2, 0.25) is 0 Å². The molecule has 9 nitrogen and oxygen atoms in total. The summed E-state index contributed by atoms with van der Waals surface area (Å²) in [5.41, 5.74) is 1.68. The monoisotopic (exact) mass is 377 g/mol. The molecule has 1 atom stereocenters. The normalized spacial score (nSPS) is 19.3. The maximum Gasteiger partial charge on any atom is 0.414 e. The average molecular weight is 377 g/mol. The molecule has 138 valence electrons. The maximum absolute atomic E-state index is 12.1. The molecular weight excluding hydrogens is 358 g/mol. The van der Waals surface area contributed by atoms with Crippen LogP contribution in [0.1, 0.15) is 0 Å². The van der Waals surface area contributed by atoms with Crippen molar-refractivity contribution in [2.75, 3.05) is 43.1 Å². The number of carbonyl (C=O) groups is 2. The fraction of sp³-hybridized carbons (Fsp3) is 0.375. The van der Waals surface area contributed by atoms with Gasteiger partial charge in [0.15, 0.2) is 0 Å². The number of nitrogens with zero attached hydrogens (tertiary/aromatic N) is 4. The van der Waals surface area contributed by atoms with E-state index in [0.717, 1.165) is 11.4 Å². The minimum atomic E-state index is -0.394. The van der Waals surface area contributed by atoms with Gasteiger partial charge in [-0.1, -0.05) is 0 Å². The zero-order valence-corrected chi connectivity index (χ0v) is 15.0. The lowest BCUT2D eigenvalue weighted by molar-refractivity contribution is -0.118. The summed E-state index contributed by atoms with van der Waals surface area (Å²) < 4.78 is 10.2. The molecule has 1 fully saturated rings. The Morgan fingerprint density at radius 2 is 2.12 bits per heavy atom. The van der Waals surface area contributed by atoms with Crippen LogP contribution in [0.3, 0.4) is 0 Å². The molecule has 3 rings (SSSR count). The minimum Gasteiger partial charge on any atom is -0.474 e. The molecule has 2 aliphatic heterocycles. The highest BCUT2D eigenvalue weighted by Crippen LogP contribution is 2.25. The first-order valence-electron chi connectivity index (χ1n) is 8.03. The third-order valence-electron chi connectivity index (χ3n) is 4.06. The van der Waals surface area contributed by atoms with Gasteiger partial charge in [0.05, 0.1) is 26.7 Å². The predicted molar refractivity (Wildman–Crippen MR) is 100 cm³/mol. The Labute approximate surface area is 156 Å². The molecule has 0 spiro atoms. The molecule has 1 aromatic carbocycles. The van der Waals surface area contributed by atoms with Crippen LogP contribution >= 0.6 is 12.2 Å². The van der Waals surface area contributed by atoms with Crippen molar-refractivity contribution in [3.8, 4) is 0 Å². The van der Waals surface area contributed by atoms with Crippen molar-refractivity contribution in [1.29, 1.82) is 0 Å². The molecule has 2 heterocycles. The van der Waals surface area contributed by atoms with Gasteiger partial charge in [0, 0.05) is 17.9 Å². The van der Waals surface area contributed by atoms with Crippen molar-refractivity contribution in [2.45, 2.75) is 6.10 Å². The Morgan fingerprint density at radius 1 is 1.38 bits per heavy atom. The Kier molecular flexibility index (Phi) is 5.52. The van der Waals surface area contributed by atoms with Crippen molar-refractivity contribution >= 4 is 47.6 Å². The van der Waals surface area contributed by atoms with E-state index in [-0.39, 0.29) is 11.3 Å². The summed E-state index contributed by atoms with van der Waals surface area (Å²) in [6, 6.07) is 7.51. The van der Waals surface area contributed by atoms with Gasteiger partial charge >= 0.3 is 6.09 Å². The number of hydrazone groups is 1. The van der Waals surface area contributed by atoms with Gasteiger partial charge in [0.1, 0.15) is 12.4 Å². The molecular formula is C16H19N5O4S. The number of thiocarbonyl (C=S) groups is 1. The van der Waals surface area contributed by atoms with Crippen molar-refractivity contribution in [3.63, 3.8) is 0 Å². The van der Waals surface area contributed by atoms with Crippen LogP contribution in [0.25, 0.3) is 0 Å². The largest absolute Gasteiger partial charge is 0.474 e.